The Bertz CT molecular complexity index is 914. The minimum Gasteiger partial charge on any atom is -0.312 e. The predicted molar refractivity (Wildman–Crippen MR) is 97.8 cm³/mol. The molecule has 1 heterocycles. The van der Waals surface area contributed by atoms with Gasteiger partial charge in [0.1, 0.15) is 5.82 Å². The first-order valence-electron chi connectivity index (χ1n) is 8.58. The molecule has 0 aromatic heterocycles. The van der Waals surface area contributed by atoms with Gasteiger partial charge in [-0.15, -0.1) is 0 Å². The van der Waals surface area contributed by atoms with E-state index in [4.69, 9.17) is 0 Å². The molecule has 5 nitrogen and oxygen atoms in total. The van der Waals surface area contributed by atoms with E-state index in [0.717, 1.165) is 12.0 Å². The number of benzene rings is 2. The minimum atomic E-state index is -3.71. The van der Waals surface area contributed by atoms with Gasteiger partial charge in [0.05, 0.1) is 4.90 Å². The molecule has 1 amide bonds. The van der Waals surface area contributed by atoms with Gasteiger partial charge in [0.25, 0.3) is 0 Å². The molecule has 0 saturated carbocycles. The highest BCUT2D eigenvalue weighted by Gasteiger charge is 2.25. The summed E-state index contributed by atoms with van der Waals surface area (Å²) in [5.74, 6) is -0.522. The molecule has 0 unspecified atom stereocenters. The quantitative estimate of drug-likeness (QED) is 0.843. The van der Waals surface area contributed by atoms with Crippen molar-refractivity contribution in [3.63, 3.8) is 0 Å². The van der Waals surface area contributed by atoms with Gasteiger partial charge in [-0.2, -0.15) is 0 Å². The third kappa shape index (κ3) is 3.78. The van der Waals surface area contributed by atoms with Gasteiger partial charge >= 0.3 is 0 Å². The predicted octanol–water partition coefficient (Wildman–Crippen LogP) is 2.99. The zero-order valence-corrected chi connectivity index (χ0v) is 15.4. The van der Waals surface area contributed by atoms with Crippen molar-refractivity contribution in [2.45, 2.75) is 37.6 Å². The molecule has 0 bridgehead atoms. The Morgan fingerprint density at radius 1 is 1.15 bits per heavy atom. The molecule has 26 heavy (non-hydrogen) atoms. The van der Waals surface area contributed by atoms with E-state index in [1.165, 1.54) is 18.2 Å². The number of sulfonamides is 1. The van der Waals surface area contributed by atoms with Gasteiger partial charge in [-0.1, -0.05) is 25.1 Å². The molecule has 0 atom stereocenters. The largest absolute Gasteiger partial charge is 0.312 e. The van der Waals surface area contributed by atoms with Crippen LogP contribution in [0, 0.1) is 5.82 Å². The third-order valence-corrected chi connectivity index (χ3v) is 5.82. The molecule has 2 aromatic rings. The number of carbonyl (C=O) groups is 1. The molecule has 0 spiro atoms. The zero-order chi connectivity index (χ0) is 18.7. The van der Waals surface area contributed by atoms with Crippen molar-refractivity contribution < 1.29 is 17.6 Å². The number of carbonyl (C=O) groups excluding carboxylic acids is 1. The van der Waals surface area contributed by atoms with E-state index < -0.39 is 15.8 Å². The van der Waals surface area contributed by atoms with Crippen molar-refractivity contribution in [1.82, 2.24) is 4.72 Å². The first-order chi connectivity index (χ1) is 12.4. The standard InChI is InChI=1S/C19H21FN2O3S/c1-2-10-22-18-12-17(20)15(11-14(18)8-9-19(22)23)13-21-26(24,25)16-6-4-3-5-7-16/h3-7,11-12,21H,2,8-10,13H2,1H3. The van der Waals surface area contributed by atoms with Crippen molar-refractivity contribution in [2.75, 3.05) is 11.4 Å². The molecule has 138 valence electrons. The van der Waals surface area contributed by atoms with Gasteiger partial charge < -0.3 is 4.90 Å². The van der Waals surface area contributed by atoms with E-state index in [-0.39, 0.29) is 22.9 Å². The normalized spacial score (nSPS) is 14.4. The number of halogens is 1. The van der Waals surface area contributed by atoms with E-state index in [2.05, 4.69) is 4.72 Å². The lowest BCUT2D eigenvalue weighted by Gasteiger charge is -2.29. The lowest BCUT2D eigenvalue weighted by Crippen LogP contribution is -2.36. The Labute approximate surface area is 152 Å². The van der Waals surface area contributed by atoms with Crippen LogP contribution in [0.3, 0.4) is 0 Å². The fraction of sp³-hybridized carbons (Fsp3) is 0.316. The maximum absolute atomic E-state index is 14.5. The van der Waals surface area contributed by atoms with Gasteiger partial charge in [0.15, 0.2) is 0 Å². The van der Waals surface area contributed by atoms with Crippen molar-refractivity contribution >= 4 is 21.6 Å². The molecule has 0 fully saturated rings. The van der Waals surface area contributed by atoms with Crippen LogP contribution in [0.15, 0.2) is 47.4 Å². The fourth-order valence-corrected chi connectivity index (χ4v) is 4.11. The SMILES string of the molecule is CCCN1C(=O)CCc2cc(CNS(=O)(=O)c3ccccc3)c(F)cc21. The second-order valence-corrected chi connectivity index (χ2v) is 8.02. The molecule has 0 aliphatic carbocycles. The van der Waals surface area contributed by atoms with Crippen molar-refractivity contribution in [3.8, 4) is 0 Å². The van der Waals surface area contributed by atoms with Crippen molar-refractivity contribution in [3.05, 3.63) is 59.4 Å². The van der Waals surface area contributed by atoms with Crippen LogP contribution in [0.4, 0.5) is 10.1 Å². The first-order valence-corrected chi connectivity index (χ1v) is 10.1. The summed E-state index contributed by atoms with van der Waals surface area (Å²) in [7, 11) is -3.71. The van der Waals surface area contributed by atoms with E-state index >= 15 is 0 Å². The van der Waals surface area contributed by atoms with Crippen LogP contribution in [0.5, 0.6) is 0 Å². The molecular formula is C19H21FN2O3S. The maximum Gasteiger partial charge on any atom is 0.240 e. The van der Waals surface area contributed by atoms with Gasteiger partial charge in [0.2, 0.25) is 15.9 Å². The van der Waals surface area contributed by atoms with Crippen LogP contribution >= 0.6 is 0 Å². The summed E-state index contributed by atoms with van der Waals surface area (Å²) in [5, 5.41) is 0. The third-order valence-electron chi connectivity index (χ3n) is 4.40. The van der Waals surface area contributed by atoms with E-state index in [9.17, 15) is 17.6 Å². The van der Waals surface area contributed by atoms with E-state index in [0.29, 0.717) is 25.1 Å². The molecule has 0 saturated heterocycles. The summed E-state index contributed by atoms with van der Waals surface area (Å²) in [4.78, 5) is 13.8. The van der Waals surface area contributed by atoms with Crippen LogP contribution < -0.4 is 9.62 Å². The van der Waals surface area contributed by atoms with Crippen LogP contribution in [0.2, 0.25) is 0 Å². The smallest absolute Gasteiger partial charge is 0.240 e. The lowest BCUT2D eigenvalue weighted by molar-refractivity contribution is -0.118. The Kier molecular flexibility index (Phi) is 5.38. The lowest BCUT2D eigenvalue weighted by atomic mass is 9.98. The Balaban J connectivity index is 1.83. The van der Waals surface area contributed by atoms with Gasteiger partial charge in [0, 0.05) is 30.8 Å². The Hall–Kier alpha value is -2.25. The summed E-state index contributed by atoms with van der Waals surface area (Å²) in [6.07, 6.45) is 1.70. The average Bonchev–Trinajstić information content (AvgIpc) is 2.64. The van der Waals surface area contributed by atoms with E-state index in [1.807, 2.05) is 6.92 Å². The summed E-state index contributed by atoms with van der Waals surface area (Å²) < 4.78 is 41.6. The summed E-state index contributed by atoms with van der Waals surface area (Å²) >= 11 is 0. The number of aryl methyl sites for hydroxylation is 1. The molecule has 1 N–H and O–H groups in total. The van der Waals surface area contributed by atoms with Crippen LogP contribution in [-0.4, -0.2) is 20.9 Å². The molecule has 1 aliphatic rings. The monoisotopic (exact) mass is 376 g/mol. The Morgan fingerprint density at radius 2 is 1.88 bits per heavy atom. The number of amides is 1. The summed E-state index contributed by atoms with van der Waals surface area (Å²) in [6, 6.07) is 11.0. The number of rotatable bonds is 6. The van der Waals surface area contributed by atoms with Gasteiger partial charge in [-0.3, -0.25) is 4.79 Å². The molecule has 1 aliphatic heterocycles. The zero-order valence-electron chi connectivity index (χ0n) is 14.5. The first kappa shape index (κ1) is 18.5. The highest BCUT2D eigenvalue weighted by atomic mass is 32.2. The maximum atomic E-state index is 14.5. The number of nitrogens with one attached hydrogen (secondary N) is 1. The van der Waals surface area contributed by atoms with Gasteiger partial charge in [-0.25, -0.2) is 17.5 Å². The molecule has 3 rings (SSSR count). The van der Waals surface area contributed by atoms with Crippen LogP contribution in [-0.2, 0) is 27.8 Å². The molecule has 7 heteroatoms. The molecular weight excluding hydrogens is 355 g/mol. The van der Waals surface area contributed by atoms with Crippen molar-refractivity contribution in [2.24, 2.45) is 0 Å². The number of nitrogens with zero attached hydrogens (tertiary/aromatic N) is 1. The molecule has 2 aromatic carbocycles. The highest BCUT2D eigenvalue weighted by molar-refractivity contribution is 7.89. The second kappa shape index (κ2) is 7.55. The highest BCUT2D eigenvalue weighted by Crippen LogP contribution is 2.30. The number of hydrogen-bond donors (Lipinski definition) is 1. The minimum absolute atomic E-state index is 0.00344. The van der Waals surface area contributed by atoms with Crippen molar-refractivity contribution in [1.29, 1.82) is 0 Å². The average molecular weight is 376 g/mol. The number of anilines is 1. The topological polar surface area (TPSA) is 66.5 Å². The van der Waals surface area contributed by atoms with E-state index in [1.54, 1.807) is 29.2 Å². The van der Waals surface area contributed by atoms with Crippen LogP contribution in [0.25, 0.3) is 0 Å². The number of fused-ring (bicyclic) bond motifs is 1. The number of hydrogen-bond acceptors (Lipinski definition) is 3. The van der Waals surface area contributed by atoms with Crippen LogP contribution in [0.1, 0.15) is 30.9 Å². The second-order valence-electron chi connectivity index (χ2n) is 6.26. The van der Waals surface area contributed by atoms with Gasteiger partial charge in [-0.05, 0) is 42.7 Å². The Morgan fingerprint density at radius 3 is 2.58 bits per heavy atom. The fourth-order valence-electron chi connectivity index (χ4n) is 3.08. The molecule has 0 radical (unpaired) electrons. The summed E-state index contributed by atoms with van der Waals surface area (Å²) in [5.41, 5.74) is 1.73. The summed E-state index contributed by atoms with van der Waals surface area (Å²) in [6.45, 7) is 2.37.